The molecule has 4 rings (SSSR count). The van der Waals surface area contributed by atoms with Gasteiger partial charge in [0.2, 0.25) is 0 Å². The van der Waals surface area contributed by atoms with Crippen molar-refractivity contribution in [2.45, 2.75) is 37.3 Å². The van der Waals surface area contributed by atoms with Crippen LogP contribution in [0.15, 0.2) is 41.3 Å². The summed E-state index contributed by atoms with van der Waals surface area (Å²) in [7, 11) is 0. The maximum absolute atomic E-state index is 14.0. The SMILES string of the molecule is C[C@@H]1CCN([C@@H](C)COc2ccc([C@H]3CSc4c(ccc(O)c4F)O3)cc2)C1. The number of phenols is 1. The Morgan fingerprint density at radius 3 is 2.79 bits per heavy atom. The quantitative estimate of drug-likeness (QED) is 0.772. The molecule has 0 aliphatic carbocycles. The average molecular weight is 404 g/mol. The second-order valence-corrected chi connectivity index (χ2v) is 8.79. The minimum atomic E-state index is -0.605. The summed E-state index contributed by atoms with van der Waals surface area (Å²) in [4.78, 5) is 2.86. The Labute approximate surface area is 169 Å². The van der Waals surface area contributed by atoms with Crippen molar-refractivity contribution in [2.24, 2.45) is 5.92 Å². The lowest BCUT2D eigenvalue weighted by Crippen LogP contribution is -2.35. The number of hydrogen-bond donors (Lipinski definition) is 1. The van der Waals surface area contributed by atoms with E-state index in [1.54, 1.807) is 6.07 Å². The summed E-state index contributed by atoms with van der Waals surface area (Å²) < 4.78 is 25.9. The zero-order valence-corrected chi connectivity index (χ0v) is 17.0. The van der Waals surface area contributed by atoms with E-state index in [0.717, 1.165) is 30.3 Å². The van der Waals surface area contributed by atoms with Crippen molar-refractivity contribution < 1.29 is 19.0 Å². The van der Waals surface area contributed by atoms with Crippen LogP contribution in [0, 0.1) is 11.7 Å². The van der Waals surface area contributed by atoms with Gasteiger partial charge in [0, 0.05) is 18.3 Å². The molecule has 2 aromatic carbocycles. The maximum Gasteiger partial charge on any atom is 0.182 e. The fourth-order valence-corrected chi connectivity index (χ4v) is 4.80. The van der Waals surface area contributed by atoms with Crippen LogP contribution >= 0.6 is 11.8 Å². The van der Waals surface area contributed by atoms with Gasteiger partial charge in [0.15, 0.2) is 11.6 Å². The molecule has 1 saturated heterocycles. The molecule has 6 heteroatoms. The van der Waals surface area contributed by atoms with Gasteiger partial charge in [-0.25, -0.2) is 4.39 Å². The van der Waals surface area contributed by atoms with E-state index < -0.39 is 5.82 Å². The number of halogens is 1. The van der Waals surface area contributed by atoms with Crippen LogP contribution in [-0.4, -0.2) is 41.5 Å². The Morgan fingerprint density at radius 1 is 1.29 bits per heavy atom. The van der Waals surface area contributed by atoms with Gasteiger partial charge in [-0.15, -0.1) is 11.8 Å². The molecular formula is C22H26FNO3S. The fourth-order valence-electron chi connectivity index (χ4n) is 3.74. The van der Waals surface area contributed by atoms with Crippen LogP contribution in [0.1, 0.15) is 31.9 Å². The van der Waals surface area contributed by atoms with Gasteiger partial charge < -0.3 is 14.6 Å². The maximum atomic E-state index is 14.0. The van der Waals surface area contributed by atoms with Crippen molar-refractivity contribution in [1.82, 2.24) is 4.90 Å². The number of hydrogen-bond acceptors (Lipinski definition) is 5. The molecule has 0 unspecified atom stereocenters. The zero-order valence-electron chi connectivity index (χ0n) is 16.2. The van der Waals surface area contributed by atoms with Gasteiger partial charge in [-0.2, -0.15) is 0 Å². The molecule has 1 fully saturated rings. The number of likely N-dealkylation sites (tertiary alicyclic amines) is 1. The van der Waals surface area contributed by atoms with E-state index in [0.29, 0.717) is 29.0 Å². The van der Waals surface area contributed by atoms with Crippen molar-refractivity contribution in [2.75, 3.05) is 25.4 Å². The van der Waals surface area contributed by atoms with Gasteiger partial charge in [-0.1, -0.05) is 19.1 Å². The lowest BCUT2D eigenvalue weighted by atomic mass is 10.1. The normalized spacial score (nSPS) is 23.1. The number of thioether (sulfide) groups is 1. The van der Waals surface area contributed by atoms with Crippen LogP contribution in [0.3, 0.4) is 0 Å². The first-order valence-electron chi connectivity index (χ1n) is 9.79. The molecular weight excluding hydrogens is 377 g/mol. The topological polar surface area (TPSA) is 41.9 Å². The smallest absolute Gasteiger partial charge is 0.182 e. The molecule has 2 aliphatic rings. The molecule has 28 heavy (non-hydrogen) atoms. The van der Waals surface area contributed by atoms with Crippen LogP contribution in [0.5, 0.6) is 17.2 Å². The first-order valence-corrected chi connectivity index (χ1v) is 10.8. The predicted octanol–water partition coefficient (Wildman–Crippen LogP) is 4.87. The molecule has 0 spiro atoms. The highest BCUT2D eigenvalue weighted by molar-refractivity contribution is 7.99. The number of rotatable bonds is 5. The summed E-state index contributed by atoms with van der Waals surface area (Å²) in [5, 5.41) is 9.50. The molecule has 0 bridgehead atoms. The summed E-state index contributed by atoms with van der Waals surface area (Å²) in [5.74, 6) is 1.75. The Morgan fingerprint density at radius 2 is 2.07 bits per heavy atom. The van der Waals surface area contributed by atoms with Crippen LogP contribution in [0.25, 0.3) is 0 Å². The molecule has 0 radical (unpaired) electrons. The number of aromatic hydroxyl groups is 1. The average Bonchev–Trinajstić information content (AvgIpc) is 3.15. The molecule has 2 heterocycles. The van der Waals surface area contributed by atoms with E-state index in [-0.39, 0.29) is 11.9 Å². The third kappa shape index (κ3) is 4.08. The van der Waals surface area contributed by atoms with Gasteiger partial charge >= 0.3 is 0 Å². The molecule has 2 aliphatic heterocycles. The summed E-state index contributed by atoms with van der Waals surface area (Å²) in [6.45, 7) is 7.50. The standard InChI is InChI=1S/C22H26FNO3S/c1-14-9-10-24(11-14)15(2)12-26-17-5-3-16(4-6-17)20-13-28-22-19(27-20)8-7-18(25)21(22)23/h3-8,14-15,20,25H,9-13H2,1-2H3/t14-,15+,20-/m1/s1. The van der Waals surface area contributed by atoms with Crippen molar-refractivity contribution in [3.8, 4) is 17.2 Å². The molecule has 3 atom stereocenters. The Bertz CT molecular complexity index is 829. The summed E-state index contributed by atoms with van der Waals surface area (Å²) in [5.41, 5.74) is 1.03. The third-order valence-corrected chi connectivity index (χ3v) is 6.65. The van der Waals surface area contributed by atoms with Gasteiger partial charge in [0.25, 0.3) is 0 Å². The second kappa shape index (κ2) is 8.21. The van der Waals surface area contributed by atoms with Crippen LogP contribution < -0.4 is 9.47 Å². The molecule has 0 aromatic heterocycles. The first kappa shape index (κ1) is 19.4. The molecule has 4 nitrogen and oxygen atoms in total. The van der Waals surface area contributed by atoms with Crippen molar-refractivity contribution >= 4 is 11.8 Å². The Kier molecular flexibility index (Phi) is 5.69. The van der Waals surface area contributed by atoms with E-state index in [2.05, 4.69) is 18.7 Å². The van der Waals surface area contributed by atoms with Crippen LogP contribution in [0.4, 0.5) is 4.39 Å². The highest BCUT2D eigenvalue weighted by Gasteiger charge is 2.26. The largest absolute Gasteiger partial charge is 0.505 e. The summed E-state index contributed by atoms with van der Waals surface area (Å²) >= 11 is 1.37. The van der Waals surface area contributed by atoms with Crippen molar-refractivity contribution in [1.29, 1.82) is 0 Å². The van der Waals surface area contributed by atoms with Crippen LogP contribution in [-0.2, 0) is 0 Å². The van der Waals surface area contributed by atoms with Crippen LogP contribution in [0.2, 0.25) is 0 Å². The number of nitrogens with zero attached hydrogens (tertiary/aromatic N) is 1. The van der Waals surface area contributed by atoms with E-state index in [1.165, 1.54) is 24.2 Å². The number of ether oxygens (including phenoxy) is 2. The predicted molar refractivity (Wildman–Crippen MR) is 109 cm³/mol. The summed E-state index contributed by atoms with van der Waals surface area (Å²) in [6.07, 6.45) is 1.12. The second-order valence-electron chi connectivity index (χ2n) is 7.76. The Balaban J connectivity index is 1.35. The third-order valence-electron chi connectivity index (χ3n) is 5.51. The van der Waals surface area contributed by atoms with Crippen molar-refractivity contribution in [3.05, 3.63) is 47.8 Å². The minimum absolute atomic E-state index is 0.152. The number of benzene rings is 2. The van der Waals surface area contributed by atoms with Crippen molar-refractivity contribution in [3.63, 3.8) is 0 Å². The lowest BCUT2D eigenvalue weighted by Gasteiger charge is -2.26. The molecule has 2 aromatic rings. The molecule has 1 N–H and O–H groups in total. The fraction of sp³-hybridized carbons (Fsp3) is 0.455. The summed E-state index contributed by atoms with van der Waals surface area (Å²) in [6, 6.07) is 11.3. The number of phenolic OH excluding ortho intramolecular Hbond substituents is 1. The number of fused-ring (bicyclic) bond motifs is 1. The molecule has 150 valence electrons. The molecule has 0 saturated carbocycles. The van der Waals surface area contributed by atoms with Gasteiger partial charge in [0.05, 0.1) is 4.90 Å². The minimum Gasteiger partial charge on any atom is -0.505 e. The van der Waals surface area contributed by atoms with E-state index in [1.807, 2.05) is 24.3 Å². The Hall–Kier alpha value is -1.92. The van der Waals surface area contributed by atoms with E-state index >= 15 is 0 Å². The van der Waals surface area contributed by atoms with E-state index in [4.69, 9.17) is 9.47 Å². The zero-order chi connectivity index (χ0) is 19.7. The monoisotopic (exact) mass is 403 g/mol. The van der Waals surface area contributed by atoms with Gasteiger partial charge in [-0.3, -0.25) is 4.90 Å². The lowest BCUT2D eigenvalue weighted by molar-refractivity contribution is 0.169. The highest BCUT2D eigenvalue weighted by Crippen LogP contribution is 2.44. The van der Waals surface area contributed by atoms with Gasteiger partial charge in [-0.05, 0) is 55.6 Å². The van der Waals surface area contributed by atoms with E-state index in [9.17, 15) is 9.50 Å². The highest BCUT2D eigenvalue weighted by atomic mass is 32.2. The van der Waals surface area contributed by atoms with Gasteiger partial charge in [0.1, 0.15) is 24.2 Å². The first-order chi connectivity index (χ1) is 13.5. The molecule has 0 amide bonds.